The molecule has 6 heteroatoms. The number of para-hydroxylation sites is 2. The number of aliphatic hydroxyl groups excluding tert-OH is 1. The van der Waals surface area contributed by atoms with Crippen molar-refractivity contribution in [2.45, 2.75) is 19.1 Å². The molecule has 0 heterocycles. The zero-order valence-corrected chi connectivity index (χ0v) is 10.7. The molecule has 0 amide bonds. The van der Waals surface area contributed by atoms with E-state index >= 15 is 0 Å². The fourth-order valence-corrected chi connectivity index (χ4v) is 2.06. The Labute approximate surface area is 101 Å². The van der Waals surface area contributed by atoms with E-state index < -0.39 is 21.9 Å². The summed E-state index contributed by atoms with van der Waals surface area (Å²) in [5, 5.41) is 8.01. The van der Waals surface area contributed by atoms with Gasteiger partial charge in [0, 0.05) is 0 Å². The highest BCUT2D eigenvalue weighted by Gasteiger charge is 2.20. The molecule has 0 saturated heterocycles. The molecule has 1 aromatic carbocycles. The molecule has 0 aliphatic heterocycles. The van der Waals surface area contributed by atoms with Gasteiger partial charge in [0.05, 0.1) is 18.9 Å². The fraction of sp³-hybridized carbons (Fsp3) is 0.455. The molecule has 5 nitrogen and oxygen atoms in total. The van der Waals surface area contributed by atoms with Crippen LogP contribution in [0.25, 0.3) is 0 Å². The van der Waals surface area contributed by atoms with Crippen LogP contribution in [0.5, 0.6) is 5.75 Å². The van der Waals surface area contributed by atoms with Crippen LogP contribution >= 0.6 is 0 Å². The van der Waals surface area contributed by atoms with E-state index in [4.69, 9.17) is 9.84 Å². The monoisotopic (exact) mass is 259 g/mol. The molecular formula is C11H17NO4S. The minimum Gasteiger partial charge on any atom is -0.492 e. The molecule has 2 N–H and O–H groups in total. The topological polar surface area (TPSA) is 75.6 Å². The molecule has 96 valence electrons. The second-order valence-electron chi connectivity index (χ2n) is 3.57. The van der Waals surface area contributed by atoms with Crippen LogP contribution in [0.1, 0.15) is 13.8 Å². The number of anilines is 1. The Morgan fingerprint density at radius 3 is 2.65 bits per heavy atom. The molecule has 0 aliphatic carbocycles. The smallest absolute Gasteiger partial charge is 0.237 e. The van der Waals surface area contributed by atoms with Gasteiger partial charge in [-0.2, -0.15) is 0 Å². The molecule has 0 aromatic heterocycles. The van der Waals surface area contributed by atoms with E-state index in [2.05, 4.69) is 4.72 Å². The van der Waals surface area contributed by atoms with Crippen molar-refractivity contribution < 1.29 is 18.3 Å². The lowest BCUT2D eigenvalue weighted by atomic mass is 10.3. The predicted octanol–water partition coefficient (Wildman–Crippen LogP) is 1.21. The number of sulfonamides is 1. The fourth-order valence-electron chi connectivity index (χ4n) is 1.18. The Bertz CT molecular complexity index is 458. The first-order chi connectivity index (χ1) is 8.01. The molecule has 0 fully saturated rings. The third-order valence-corrected chi connectivity index (χ3v) is 3.94. The maximum absolute atomic E-state index is 11.8. The third kappa shape index (κ3) is 3.61. The van der Waals surface area contributed by atoms with Crippen LogP contribution < -0.4 is 9.46 Å². The number of rotatable bonds is 6. The summed E-state index contributed by atoms with van der Waals surface area (Å²) < 4.78 is 31.2. The minimum absolute atomic E-state index is 0.384. The normalized spacial score (nSPS) is 13.1. The van der Waals surface area contributed by atoms with Crippen molar-refractivity contribution in [1.82, 2.24) is 0 Å². The molecule has 17 heavy (non-hydrogen) atoms. The number of benzene rings is 1. The summed E-state index contributed by atoms with van der Waals surface area (Å²) in [6, 6.07) is 6.78. The van der Waals surface area contributed by atoms with Crippen LogP contribution in [0, 0.1) is 0 Å². The molecular weight excluding hydrogens is 242 g/mol. The zero-order chi connectivity index (χ0) is 12.9. The standard InChI is InChI=1S/C11H17NO4S/c1-3-16-11-7-5-4-6-10(11)12-17(14,15)9(2)8-13/h4-7,9,12-13H,3,8H2,1-2H3. The number of aliphatic hydroxyl groups is 1. The van der Waals surface area contributed by atoms with Gasteiger partial charge in [-0.25, -0.2) is 8.42 Å². The number of hydrogen-bond acceptors (Lipinski definition) is 4. The van der Waals surface area contributed by atoms with E-state index in [9.17, 15) is 8.42 Å². The van der Waals surface area contributed by atoms with Crippen LogP contribution in [0.15, 0.2) is 24.3 Å². The van der Waals surface area contributed by atoms with Crippen molar-refractivity contribution in [3.8, 4) is 5.75 Å². The van der Waals surface area contributed by atoms with Crippen molar-refractivity contribution in [3.05, 3.63) is 24.3 Å². The van der Waals surface area contributed by atoms with Gasteiger partial charge in [0.15, 0.2) is 0 Å². The molecule has 0 aliphatic rings. The summed E-state index contributed by atoms with van der Waals surface area (Å²) in [6.07, 6.45) is 0. The number of hydrogen-bond donors (Lipinski definition) is 2. The van der Waals surface area contributed by atoms with E-state index in [1.54, 1.807) is 24.3 Å². The van der Waals surface area contributed by atoms with E-state index in [0.717, 1.165) is 0 Å². The predicted molar refractivity (Wildman–Crippen MR) is 66.7 cm³/mol. The molecule has 0 spiro atoms. The molecule has 1 atom stereocenters. The summed E-state index contributed by atoms with van der Waals surface area (Å²) in [7, 11) is -3.58. The molecule has 0 radical (unpaired) electrons. The number of nitrogens with one attached hydrogen (secondary N) is 1. The SMILES string of the molecule is CCOc1ccccc1NS(=O)(=O)C(C)CO. The second kappa shape index (κ2) is 5.88. The Morgan fingerprint density at radius 2 is 2.06 bits per heavy atom. The van der Waals surface area contributed by atoms with E-state index in [-0.39, 0.29) is 0 Å². The van der Waals surface area contributed by atoms with Gasteiger partial charge in [0.2, 0.25) is 10.0 Å². The minimum atomic E-state index is -3.58. The van der Waals surface area contributed by atoms with Gasteiger partial charge in [0.1, 0.15) is 11.0 Å². The quantitative estimate of drug-likeness (QED) is 0.805. The van der Waals surface area contributed by atoms with Crippen molar-refractivity contribution in [2.75, 3.05) is 17.9 Å². The highest BCUT2D eigenvalue weighted by Crippen LogP contribution is 2.25. The van der Waals surface area contributed by atoms with Gasteiger partial charge in [0.25, 0.3) is 0 Å². The van der Waals surface area contributed by atoms with Gasteiger partial charge < -0.3 is 9.84 Å². The Balaban J connectivity index is 2.95. The Hall–Kier alpha value is -1.27. The molecule has 0 bridgehead atoms. The maximum Gasteiger partial charge on any atom is 0.237 e. The molecule has 1 aromatic rings. The van der Waals surface area contributed by atoms with Gasteiger partial charge in [-0.05, 0) is 26.0 Å². The van der Waals surface area contributed by atoms with Crippen molar-refractivity contribution in [3.63, 3.8) is 0 Å². The van der Waals surface area contributed by atoms with Gasteiger partial charge >= 0.3 is 0 Å². The first-order valence-electron chi connectivity index (χ1n) is 5.35. The van der Waals surface area contributed by atoms with Crippen LogP contribution in [0.4, 0.5) is 5.69 Å². The van der Waals surface area contributed by atoms with Crippen LogP contribution in [-0.4, -0.2) is 32.0 Å². The Kier molecular flexibility index (Phi) is 4.77. The molecule has 0 saturated carbocycles. The average Bonchev–Trinajstić information content (AvgIpc) is 2.30. The van der Waals surface area contributed by atoms with Crippen LogP contribution in [0.2, 0.25) is 0 Å². The first kappa shape index (κ1) is 13.8. The van der Waals surface area contributed by atoms with E-state index in [1.165, 1.54) is 6.92 Å². The summed E-state index contributed by atoms with van der Waals surface area (Å²) >= 11 is 0. The van der Waals surface area contributed by atoms with E-state index in [0.29, 0.717) is 18.0 Å². The van der Waals surface area contributed by atoms with Gasteiger partial charge in [-0.3, -0.25) is 4.72 Å². The maximum atomic E-state index is 11.8. The van der Waals surface area contributed by atoms with Crippen molar-refractivity contribution in [1.29, 1.82) is 0 Å². The van der Waals surface area contributed by atoms with Gasteiger partial charge in [-0.15, -0.1) is 0 Å². The molecule has 1 unspecified atom stereocenters. The highest BCUT2D eigenvalue weighted by molar-refractivity contribution is 7.93. The van der Waals surface area contributed by atoms with Crippen molar-refractivity contribution >= 4 is 15.7 Å². The second-order valence-corrected chi connectivity index (χ2v) is 5.67. The van der Waals surface area contributed by atoms with Crippen molar-refractivity contribution in [2.24, 2.45) is 0 Å². The van der Waals surface area contributed by atoms with Crippen LogP contribution in [-0.2, 0) is 10.0 Å². The zero-order valence-electron chi connectivity index (χ0n) is 9.88. The molecule has 1 rings (SSSR count). The van der Waals surface area contributed by atoms with Gasteiger partial charge in [-0.1, -0.05) is 12.1 Å². The lowest BCUT2D eigenvalue weighted by Gasteiger charge is -2.15. The summed E-state index contributed by atoms with van der Waals surface area (Å²) in [6.45, 7) is 3.29. The number of ether oxygens (including phenoxy) is 1. The van der Waals surface area contributed by atoms with Crippen LogP contribution in [0.3, 0.4) is 0 Å². The third-order valence-electron chi connectivity index (χ3n) is 2.23. The van der Waals surface area contributed by atoms with E-state index in [1.807, 2.05) is 6.92 Å². The summed E-state index contributed by atoms with van der Waals surface area (Å²) in [5.41, 5.74) is 0.384. The Morgan fingerprint density at radius 1 is 1.41 bits per heavy atom. The summed E-state index contributed by atoms with van der Waals surface area (Å²) in [4.78, 5) is 0. The highest BCUT2D eigenvalue weighted by atomic mass is 32.2. The largest absolute Gasteiger partial charge is 0.492 e. The lowest BCUT2D eigenvalue weighted by molar-refractivity contribution is 0.296. The average molecular weight is 259 g/mol. The first-order valence-corrected chi connectivity index (χ1v) is 6.90. The lowest BCUT2D eigenvalue weighted by Crippen LogP contribution is -2.28. The summed E-state index contributed by atoms with van der Waals surface area (Å²) in [5.74, 6) is 0.476.